The number of aliphatic hydroxyl groups is 2. The van der Waals surface area contributed by atoms with Crippen molar-refractivity contribution in [2.24, 2.45) is 0 Å². The molecule has 3 N–H and O–H groups in total. The van der Waals surface area contributed by atoms with Gasteiger partial charge >= 0.3 is 0 Å². The molecule has 1 aliphatic carbocycles. The molecule has 0 aromatic heterocycles. The zero-order valence-corrected chi connectivity index (χ0v) is 27.4. The average Bonchev–Trinajstić information content (AvgIpc) is 2.97. The van der Waals surface area contributed by atoms with E-state index in [9.17, 15) is 19.8 Å². The van der Waals surface area contributed by atoms with Crippen molar-refractivity contribution >= 4 is 34.4 Å². The van der Waals surface area contributed by atoms with E-state index in [-0.39, 0.29) is 31.4 Å². The summed E-state index contributed by atoms with van der Waals surface area (Å²) >= 11 is 2.19. The third-order valence-electron chi connectivity index (χ3n) is 7.78. The van der Waals surface area contributed by atoms with E-state index < -0.39 is 18.2 Å². The van der Waals surface area contributed by atoms with Gasteiger partial charge in [0.2, 0.25) is 11.8 Å². The molecule has 0 bridgehead atoms. The highest BCUT2D eigenvalue weighted by molar-refractivity contribution is 14.1. The second-order valence-electron chi connectivity index (χ2n) is 11.2. The Labute approximate surface area is 261 Å². The van der Waals surface area contributed by atoms with Crippen LogP contribution in [0.3, 0.4) is 0 Å². The monoisotopic (exact) mass is 684 g/mol. The molecule has 2 rings (SSSR count). The van der Waals surface area contributed by atoms with Crippen molar-refractivity contribution in [1.82, 2.24) is 10.2 Å². The van der Waals surface area contributed by atoms with E-state index in [1.165, 1.54) is 38.5 Å². The van der Waals surface area contributed by atoms with Gasteiger partial charge in [-0.2, -0.15) is 0 Å². The van der Waals surface area contributed by atoms with E-state index in [4.69, 9.17) is 4.74 Å². The molecule has 0 saturated carbocycles. The predicted molar refractivity (Wildman–Crippen MR) is 174 cm³/mol. The number of aliphatic hydroxyl groups excluding tert-OH is 2. The fraction of sp³-hybridized carbons (Fsp3) is 0.697. The quantitative estimate of drug-likeness (QED) is 0.101. The van der Waals surface area contributed by atoms with Crippen LogP contribution < -0.4 is 10.1 Å². The second-order valence-corrected chi connectivity index (χ2v) is 12.3. The molecule has 8 heteroatoms. The molecule has 0 saturated heterocycles. The number of amides is 2. The zero-order valence-electron chi connectivity index (χ0n) is 25.3. The van der Waals surface area contributed by atoms with Crippen molar-refractivity contribution in [1.29, 1.82) is 0 Å². The molecule has 0 radical (unpaired) electrons. The topological polar surface area (TPSA) is 99.1 Å². The molecule has 0 fully saturated rings. The largest absolute Gasteiger partial charge is 0.482 e. The first-order valence-corrected chi connectivity index (χ1v) is 17.0. The minimum Gasteiger partial charge on any atom is -0.482 e. The smallest absolute Gasteiger partial charge is 0.247 e. The number of hydrogen-bond donors (Lipinski definition) is 3. The normalized spacial score (nSPS) is 18.6. The number of nitrogens with zero attached hydrogens (tertiary/aromatic N) is 1. The number of halogens is 1. The van der Waals surface area contributed by atoms with Gasteiger partial charge in [0.1, 0.15) is 18.0 Å². The van der Waals surface area contributed by atoms with Crippen molar-refractivity contribution in [3.63, 3.8) is 0 Å². The van der Waals surface area contributed by atoms with Gasteiger partial charge in [0, 0.05) is 31.5 Å². The number of carbonyl (C=O) groups is 2. The van der Waals surface area contributed by atoms with Crippen LogP contribution in [0.4, 0.5) is 0 Å². The van der Waals surface area contributed by atoms with Gasteiger partial charge in [-0.05, 0) is 53.6 Å². The van der Waals surface area contributed by atoms with E-state index >= 15 is 0 Å². The fourth-order valence-electron chi connectivity index (χ4n) is 5.38. The molecule has 41 heavy (non-hydrogen) atoms. The molecule has 2 amide bonds. The summed E-state index contributed by atoms with van der Waals surface area (Å²) in [6.07, 6.45) is 15.4. The van der Waals surface area contributed by atoms with Crippen molar-refractivity contribution in [3.8, 4) is 5.75 Å². The lowest BCUT2D eigenvalue weighted by molar-refractivity contribution is -0.138. The van der Waals surface area contributed by atoms with Crippen molar-refractivity contribution in [2.75, 3.05) is 19.7 Å². The van der Waals surface area contributed by atoms with E-state index in [1.54, 1.807) is 6.08 Å². The van der Waals surface area contributed by atoms with Crippen molar-refractivity contribution in [2.45, 2.75) is 128 Å². The van der Waals surface area contributed by atoms with Gasteiger partial charge in [-0.3, -0.25) is 9.59 Å². The lowest BCUT2D eigenvalue weighted by atomic mass is 9.87. The number of unbranched alkanes of at least 4 members (excludes halogenated alkanes) is 11. The first-order chi connectivity index (χ1) is 19.9. The highest BCUT2D eigenvalue weighted by Crippen LogP contribution is 2.30. The summed E-state index contributed by atoms with van der Waals surface area (Å²) < 4.78 is 7.15. The Morgan fingerprint density at radius 3 is 2.20 bits per heavy atom. The van der Waals surface area contributed by atoms with Gasteiger partial charge in [0.05, 0.1) is 16.2 Å². The molecule has 7 nitrogen and oxygen atoms in total. The number of ether oxygens (including phenoxy) is 1. The summed E-state index contributed by atoms with van der Waals surface area (Å²) in [7, 11) is 0. The van der Waals surface area contributed by atoms with Crippen LogP contribution in [0.15, 0.2) is 35.9 Å². The minimum atomic E-state index is -0.973. The average molecular weight is 685 g/mol. The molecular weight excluding hydrogens is 631 g/mol. The number of para-hydroxylation sites is 1. The highest BCUT2D eigenvalue weighted by Gasteiger charge is 2.40. The zero-order chi connectivity index (χ0) is 29.9. The van der Waals surface area contributed by atoms with Crippen LogP contribution in [-0.2, 0) is 9.59 Å². The third kappa shape index (κ3) is 13.0. The van der Waals surface area contributed by atoms with Gasteiger partial charge in [-0.25, -0.2) is 0 Å². The van der Waals surface area contributed by atoms with Crippen molar-refractivity contribution in [3.05, 3.63) is 39.5 Å². The Morgan fingerprint density at radius 2 is 1.56 bits per heavy atom. The molecule has 0 aliphatic heterocycles. The summed E-state index contributed by atoms with van der Waals surface area (Å²) in [6.45, 7) is 4.93. The van der Waals surface area contributed by atoms with Gasteiger partial charge in [-0.1, -0.05) is 96.6 Å². The van der Waals surface area contributed by atoms with Crippen LogP contribution >= 0.6 is 22.6 Å². The van der Waals surface area contributed by atoms with Crippen LogP contribution in [0.25, 0.3) is 0 Å². The van der Waals surface area contributed by atoms with Crippen molar-refractivity contribution < 1.29 is 24.5 Å². The van der Waals surface area contributed by atoms with Gasteiger partial charge < -0.3 is 25.2 Å². The fourth-order valence-corrected chi connectivity index (χ4v) is 5.90. The van der Waals surface area contributed by atoms with Gasteiger partial charge in [0.15, 0.2) is 0 Å². The maximum atomic E-state index is 13.6. The number of nitrogens with one attached hydrogen (secondary N) is 1. The molecule has 1 aliphatic rings. The van der Waals surface area contributed by atoms with E-state index in [0.29, 0.717) is 24.3 Å². The van der Waals surface area contributed by atoms with Gasteiger partial charge in [0.25, 0.3) is 0 Å². The van der Waals surface area contributed by atoms with Crippen LogP contribution in [0, 0.1) is 3.57 Å². The minimum absolute atomic E-state index is 0.0403. The standard InChI is InChI=1S/C33H53IN2O5/c1-3-5-7-9-10-11-12-13-14-20-31(38)36(22-17-8-6-4-2)28-24-26(33(40)35-21-23-37)25-30(32(28)39)41-29-19-16-15-18-27(29)34/h15-16,18-19,25,28,30,32,37,39H,3-14,17,20-24H2,1-2H3,(H,35,40). The molecule has 232 valence electrons. The summed E-state index contributed by atoms with van der Waals surface area (Å²) in [4.78, 5) is 28.5. The Morgan fingerprint density at radius 1 is 0.951 bits per heavy atom. The predicted octanol–water partition coefficient (Wildman–Crippen LogP) is 6.54. The lowest BCUT2D eigenvalue weighted by Crippen LogP contribution is -2.55. The highest BCUT2D eigenvalue weighted by atomic mass is 127. The Balaban J connectivity index is 2.14. The second kappa shape index (κ2) is 21.1. The molecule has 1 aromatic rings. The lowest BCUT2D eigenvalue weighted by Gasteiger charge is -2.40. The number of benzene rings is 1. The summed E-state index contributed by atoms with van der Waals surface area (Å²) in [5.74, 6) is 0.364. The van der Waals surface area contributed by atoms with E-state index in [1.807, 2.05) is 29.2 Å². The molecule has 3 unspecified atom stereocenters. The van der Waals surface area contributed by atoms with E-state index in [0.717, 1.165) is 48.5 Å². The third-order valence-corrected chi connectivity index (χ3v) is 8.67. The van der Waals surface area contributed by atoms with E-state index in [2.05, 4.69) is 41.8 Å². The molecule has 0 heterocycles. The summed E-state index contributed by atoms with van der Waals surface area (Å²) in [5.41, 5.74) is 0.471. The number of rotatable bonds is 21. The van der Waals surface area contributed by atoms with Crippen LogP contribution in [0.1, 0.15) is 110 Å². The molecular formula is C33H53IN2O5. The maximum absolute atomic E-state index is 13.6. The van der Waals surface area contributed by atoms with Gasteiger partial charge in [-0.15, -0.1) is 0 Å². The first kappa shape index (κ1) is 35.5. The summed E-state index contributed by atoms with van der Waals surface area (Å²) in [6, 6.07) is 7.00. The Hall–Kier alpha value is -1.65. The molecule has 1 aromatic carbocycles. The van der Waals surface area contributed by atoms with Crippen LogP contribution in [0.5, 0.6) is 5.75 Å². The van der Waals surface area contributed by atoms with Crippen LogP contribution in [-0.4, -0.2) is 64.9 Å². The number of carbonyl (C=O) groups excluding carboxylic acids is 2. The molecule has 0 spiro atoms. The Kier molecular flexibility index (Phi) is 18.3. The molecule has 3 atom stereocenters. The van der Waals surface area contributed by atoms with Crippen LogP contribution in [0.2, 0.25) is 0 Å². The maximum Gasteiger partial charge on any atom is 0.247 e. The first-order valence-electron chi connectivity index (χ1n) is 15.9. The Bertz CT molecular complexity index is 925. The SMILES string of the molecule is CCCCCCCCCCCC(=O)N(CCCCCC)C1CC(C(=O)NCCO)=CC(Oc2ccccc2I)C1O. The number of hydrogen-bond acceptors (Lipinski definition) is 5. The summed E-state index contributed by atoms with van der Waals surface area (Å²) in [5, 5.41) is 23.5.